The maximum atomic E-state index is 13.8. The molecule has 2 amide bonds. The lowest BCUT2D eigenvalue weighted by atomic mass is 9.88. The van der Waals surface area contributed by atoms with E-state index in [0.717, 1.165) is 35.3 Å². The van der Waals surface area contributed by atoms with Crippen molar-refractivity contribution in [1.29, 1.82) is 0 Å². The van der Waals surface area contributed by atoms with Crippen LogP contribution in [0.2, 0.25) is 0 Å². The fourth-order valence-electron chi connectivity index (χ4n) is 4.14. The van der Waals surface area contributed by atoms with Crippen LogP contribution in [-0.4, -0.2) is 36.4 Å². The van der Waals surface area contributed by atoms with Gasteiger partial charge >= 0.3 is 0 Å². The van der Waals surface area contributed by atoms with Crippen molar-refractivity contribution < 1.29 is 14.3 Å². The van der Waals surface area contributed by atoms with Crippen LogP contribution in [0, 0.1) is 0 Å². The Morgan fingerprint density at radius 3 is 1.97 bits per heavy atom. The number of unbranched alkanes of at least 4 members (excludes halogenated alkanes) is 1. The maximum Gasteiger partial charge on any atom is 0.242 e. The van der Waals surface area contributed by atoms with E-state index in [9.17, 15) is 9.59 Å². The third-order valence-corrected chi connectivity index (χ3v) is 6.29. The average Bonchev–Trinajstić information content (AvgIpc) is 2.91. The molecule has 0 aliphatic heterocycles. The van der Waals surface area contributed by atoms with E-state index in [-0.39, 0.29) is 24.2 Å². The maximum absolute atomic E-state index is 13.8. The van der Waals surface area contributed by atoms with Gasteiger partial charge in [-0.25, -0.2) is 0 Å². The summed E-state index contributed by atoms with van der Waals surface area (Å²) in [6, 6.07) is 27.2. The lowest BCUT2D eigenvalue weighted by Crippen LogP contribution is -2.48. The quantitative estimate of drug-likeness (QED) is 0.352. The Labute approximate surface area is 209 Å². The summed E-state index contributed by atoms with van der Waals surface area (Å²) in [7, 11) is 1.63. The van der Waals surface area contributed by atoms with Crippen molar-refractivity contribution in [2.24, 2.45) is 0 Å². The smallest absolute Gasteiger partial charge is 0.242 e. The van der Waals surface area contributed by atoms with Crippen LogP contribution in [0.5, 0.6) is 5.75 Å². The van der Waals surface area contributed by atoms with E-state index in [4.69, 9.17) is 4.74 Å². The second-order valence-corrected chi connectivity index (χ2v) is 8.77. The van der Waals surface area contributed by atoms with Crippen LogP contribution in [-0.2, 0) is 16.1 Å². The molecule has 0 unspecified atom stereocenters. The molecule has 0 spiro atoms. The number of hydrogen-bond donors (Lipinski definition) is 1. The van der Waals surface area contributed by atoms with Crippen LogP contribution >= 0.6 is 0 Å². The number of carbonyl (C=O) groups excluding carboxylic acids is 2. The van der Waals surface area contributed by atoms with Crippen molar-refractivity contribution in [2.45, 2.75) is 51.6 Å². The molecule has 0 bridgehead atoms. The van der Waals surface area contributed by atoms with E-state index >= 15 is 0 Å². The van der Waals surface area contributed by atoms with Crippen molar-refractivity contribution in [2.75, 3.05) is 13.7 Å². The SMILES string of the molecule is CCCCNC(=O)[C@H](C)N(Cc1ccc(OC)cc1)C(=O)CC(c1ccccc1)c1ccccc1. The number of nitrogens with zero attached hydrogens (tertiary/aromatic N) is 1. The van der Waals surface area contributed by atoms with Crippen molar-refractivity contribution in [1.82, 2.24) is 10.2 Å². The Morgan fingerprint density at radius 2 is 1.46 bits per heavy atom. The summed E-state index contributed by atoms with van der Waals surface area (Å²) in [5, 5.41) is 2.99. The first-order valence-corrected chi connectivity index (χ1v) is 12.3. The topological polar surface area (TPSA) is 58.6 Å². The molecule has 0 saturated carbocycles. The molecular formula is C30H36N2O3. The van der Waals surface area contributed by atoms with E-state index in [2.05, 4.69) is 36.5 Å². The Kier molecular flexibility index (Phi) is 9.91. The van der Waals surface area contributed by atoms with Crippen molar-refractivity contribution >= 4 is 11.8 Å². The fraction of sp³-hybridized carbons (Fsp3) is 0.333. The van der Waals surface area contributed by atoms with E-state index in [0.29, 0.717) is 13.1 Å². The van der Waals surface area contributed by atoms with Crippen LogP contribution in [0.15, 0.2) is 84.9 Å². The first-order chi connectivity index (χ1) is 17.0. The molecule has 0 aliphatic carbocycles. The van der Waals surface area contributed by atoms with Gasteiger partial charge in [0, 0.05) is 25.4 Å². The highest BCUT2D eigenvalue weighted by atomic mass is 16.5. The van der Waals surface area contributed by atoms with Gasteiger partial charge in [0.25, 0.3) is 0 Å². The summed E-state index contributed by atoms with van der Waals surface area (Å²) < 4.78 is 5.27. The minimum Gasteiger partial charge on any atom is -0.497 e. The van der Waals surface area contributed by atoms with E-state index < -0.39 is 6.04 Å². The number of carbonyl (C=O) groups is 2. The summed E-state index contributed by atoms with van der Waals surface area (Å²) in [5.41, 5.74) is 3.11. The Bertz CT molecular complexity index is 1010. The second kappa shape index (κ2) is 13.3. The fourth-order valence-corrected chi connectivity index (χ4v) is 4.14. The molecule has 5 nitrogen and oxygen atoms in total. The zero-order valence-electron chi connectivity index (χ0n) is 20.9. The van der Waals surface area contributed by atoms with Gasteiger partial charge in [-0.05, 0) is 42.2 Å². The highest BCUT2D eigenvalue weighted by Gasteiger charge is 2.29. The van der Waals surface area contributed by atoms with Crippen molar-refractivity contribution in [3.63, 3.8) is 0 Å². The van der Waals surface area contributed by atoms with Crippen LogP contribution in [0.4, 0.5) is 0 Å². The molecule has 0 heterocycles. The zero-order chi connectivity index (χ0) is 25.0. The number of methoxy groups -OCH3 is 1. The standard InChI is InChI=1S/C30H36N2O3/c1-4-5-20-31-30(34)23(2)32(22-24-16-18-27(35-3)19-17-24)29(33)21-28(25-12-8-6-9-13-25)26-14-10-7-11-15-26/h6-19,23,28H,4-5,20-22H2,1-3H3,(H,31,34)/t23-/m0/s1. The van der Waals surface area contributed by atoms with Gasteiger partial charge in [0.1, 0.15) is 11.8 Å². The van der Waals surface area contributed by atoms with Gasteiger partial charge < -0.3 is 15.0 Å². The number of benzene rings is 3. The normalized spacial score (nSPS) is 11.7. The molecular weight excluding hydrogens is 436 g/mol. The van der Waals surface area contributed by atoms with Gasteiger partial charge in [-0.1, -0.05) is 86.1 Å². The van der Waals surface area contributed by atoms with Gasteiger partial charge in [-0.15, -0.1) is 0 Å². The number of ether oxygens (including phenoxy) is 1. The molecule has 0 aromatic heterocycles. The minimum absolute atomic E-state index is 0.0586. The molecule has 0 fully saturated rings. The predicted octanol–water partition coefficient (Wildman–Crippen LogP) is 5.55. The van der Waals surface area contributed by atoms with Crippen LogP contribution < -0.4 is 10.1 Å². The Hall–Kier alpha value is -3.60. The summed E-state index contributed by atoms with van der Waals surface area (Å²) in [6.45, 7) is 4.85. The van der Waals surface area contributed by atoms with Gasteiger partial charge in [-0.2, -0.15) is 0 Å². The van der Waals surface area contributed by atoms with Gasteiger partial charge in [0.05, 0.1) is 7.11 Å². The summed E-state index contributed by atoms with van der Waals surface area (Å²) in [4.78, 5) is 28.5. The Morgan fingerprint density at radius 1 is 0.886 bits per heavy atom. The lowest BCUT2D eigenvalue weighted by Gasteiger charge is -2.30. The van der Waals surface area contributed by atoms with Crippen LogP contribution in [0.3, 0.4) is 0 Å². The van der Waals surface area contributed by atoms with E-state index in [1.807, 2.05) is 67.6 Å². The summed E-state index contributed by atoms with van der Waals surface area (Å²) >= 11 is 0. The third-order valence-electron chi connectivity index (χ3n) is 6.29. The molecule has 3 aromatic rings. The van der Waals surface area contributed by atoms with Gasteiger partial charge in [0.2, 0.25) is 11.8 Å². The molecule has 0 aliphatic rings. The monoisotopic (exact) mass is 472 g/mol. The largest absolute Gasteiger partial charge is 0.497 e. The first kappa shape index (κ1) is 26.0. The average molecular weight is 473 g/mol. The van der Waals surface area contributed by atoms with Crippen molar-refractivity contribution in [3.05, 3.63) is 102 Å². The number of amides is 2. The number of hydrogen-bond acceptors (Lipinski definition) is 3. The first-order valence-electron chi connectivity index (χ1n) is 12.3. The van der Waals surface area contributed by atoms with Crippen LogP contribution in [0.25, 0.3) is 0 Å². The van der Waals surface area contributed by atoms with Crippen molar-refractivity contribution in [3.8, 4) is 5.75 Å². The summed E-state index contributed by atoms with van der Waals surface area (Å²) in [6.07, 6.45) is 2.19. The van der Waals surface area contributed by atoms with E-state index in [1.165, 1.54) is 0 Å². The third kappa shape index (κ3) is 7.44. The summed E-state index contributed by atoms with van der Waals surface area (Å²) in [5.74, 6) is 0.469. The Balaban J connectivity index is 1.87. The molecule has 3 rings (SSSR count). The highest BCUT2D eigenvalue weighted by Crippen LogP contribution is 2.29. The molecule has 1 N–H and O–H groups in total. The second-order valence-electron chi connectivity index (χ2n) is 8.77. The molecule has 0 radical (unpaired) electrons. The van der Waals surface area contributed by atoms with Crippen LogP contribution in [0.1, 0.15) is 55.7 Å². The molecule has 184 valence electrons. The predicted molar refractivity (Wildman–Crippen MR) is 140 cm³/mol. The molecule has 5 heteroatoms. The highest BCUT2D eigenvalue weighted by molar-refractivity contribution is 5.87. The van der Waals surface area contributed by atoms with Gasteiger partial charge in [0.15, 0.2) is 0 Å². The zero-order valence-corrected chi connectivity index (χ0v) is 20.9. The molecule has 3 aromatic carbocycles. The number of nitrogens with one attached hydrogen (secondary N) is 1. The number of rotatable bonds is 12. The molecule has 35 heavy (non-hydrogen) atoms. The molecule has 1 atom stereocenters. The lowest BCUT2D eigenvalue weighted by molar-refractivity contribution is -0.140. The molecule has 0 saturated heterocycles. The van der Waals surface area contributed by atoms with E-state index in [1.54, 1.807) is 12.0 Å². The minimum atomic E-state index is -0.589. The van der Waals surface area contributed by atoms with Gasteiger partial charge in [-0.3, -0.25) is 9.59 Å².